The van der Waals surface area contributed by atoms with Crippen LogP contribution in [0.5, 0.6) is 11.5 Å². The first-order valence-corrected chi connectivity index (χ1v) is 18.5. The van der Waals surface area contributed by atoms with Crippen molar-refractivity contribution in [3.63, 3.8) is 0 Å². The van der Waals surface area contributed by atoms with Crippen molar-refractivity contribution in [2.45, 2.75) is 50.4 Å². The van der Waals surface area contributed by atoms with Gasteiger partial charge in [-0.1, -0.05) is 78.9 Å². The molecule has 4 aromatic carbocycles. The van der Waals surface area contributed by atoms with Gasteiger partial charge in [0.05, 0.1) is 24.8 Å². The molecule has 0 bridgehead atoms. The number of pyridine rings is 1. The highest BCUT2D eigenvalue weighted by molar-refractivity contribution is 5.87. The first-order valence-electron chi connectivity index (χ1n) is 18.5. The fraction of sp³-hybridized carbons (Fsp3) is 0.349. The minimum Gasteiger partial charge on any atom is -0.506 e. The summed E-state index contributed by atoms with van der Waals surface area (Å²) >= 11 is 0. The predicted molar refractivity (Wildman–Crippen MR) is 205 cm³/mol. The number of benzene rings is 4. The summed E-state index contributed by atoms with van der Waals surface area (Å²) in [5.41, 5.74) is 1.02. The van der Waals surface area contributed by atoms with E-state index in [1.165, 1.54) is 17.7 Å². The van der Waals surface area contributed by atoms with Gasteiger partial charge < -0.3 is 35.1 Å². The summed E-state index contributed by atoms with van der Waals surface area (Å²) in [6.07, 6.45) is 3.91. The number of aliphatic hydroxyl groups excluding tert-OH is 1. The molecule has 1 fully saturated rings. The molecule has 0 radical (unpaired) electrons. The van der Waals surface area contributed by atoms with E-state index in [0.29, 0.717) is 40.7 Å². The summed E-state index contributed by atoms with van der Waals surface area (Å²) < 4.78 is 11.8. The lowest BCUT2D eigenvalue weighted by molar-refractivity contribution is -0.164. The number of carbonyl (C=O) groups is 1. The molecule has 5 aromatic rings. The van der Waals surface area contributed by atoms with Gasteiger partial charge in [0.1, 0.15) is 11.5 Å². The molecule has 1 saturated heterocycles. The number of hydrogen-bond acceptors (Lipinski definition) is 9. The Balaban J connectivity index is 0.850. The van der Waals surface area contributed by atoms with Crippen molar-refractivity contribution >= 4 is 16.9 Å². The molecule has 1 aliphatic heterocycles. The molecular weight excluding hydrogens is 670 g/mol. The first-order chi connectivity index (χ1) is 25.8. The summed E-state index contributed by atoms with van der Waals surface area (Å²) in [5, 5.41) is 36.3. The number of fused-ring (bicyclic) bond motifs is 1. The van der Waals surface area contributed by atoms with Crippen LogP contribution in [0.4, 0.5) is 0 Å². The van der Waals surface area contributed by atoms with E-state index in [4.69, 9.17) is 9.47 Å². The number of esters is 1. The molecule has 1 aromatic heterocycles. The molecule has 0 spiro atoms. The Morgan fingerprint density at radius 3 is 2.23 bits per heavy atom. The van der Waals surface area contributed by atoms with E-state index in [0.717, 1.165) is 64.0 Å². The summed E-state index contributed by atoms with van der Waals surface area (Å²) in [7, 11) is 0. The predicted octanol–water partition coefficient (Wildman–Crippen LogP) is 5.80. The van der Waals surface area contributed by atoms with Gasteiger partial charge in [-0.25, -0.2) is 4.79 Å². The zero-order valence-electron chi connectivity index (χ0n) is 30.0. The minimum absolute atomic E-state index is 0.0223. The maximum Gasteiger partial charge on any atom is 0.347 e. The number of ether oxygens (including phenoxy) is 2. The smallest absolute Gasteiger partial charge is 0.347 e. The Morgan fingerprint density at radius 1 is 0.868 bits per heavy atom. The van der Waals surface area contributed by atoms with Crippen molar-refractivity contribution in [2.75, 3.05) is 39.4 Å². The topological polar surface area (TPSA) is 144 Å². The van der Waals surface area contributed by atoms with E-state index in [1.54, 1.807) is 36.4 Å². The van der Waals surface area contributed by atoms with Crippen LogP contribution in [-0.2, 0) is 21.7 Å². The number of rotatable bonds is 17. The highest BCUT2D eigenvalue weighted by Gasteiger charge is 2.42. The number of aromatic amines is 1. The Kier molecular flexibility index (Phi) is 12.9. The summed E-state index contributed by atoms with van der Waals surface area (Å²) in [6.45, 7) is 4.70. The number of H-pyrrole nitrogens is 1. The molecule has 1 aliphatic rings. The number of aromatic hydroxyl groups is 1. The number of phenolic OH excluding ortho intramolecular Hbond substituents is 1. The zero-order chi connectivity index (χ0) is 37.0. The van der Waals surface area contributed by atoms with Crippen LogP contribution >= 0.6 is 0 Å². The fourth-order valence-electron chi connectivity index (χ4n) is 6.94. The number of aliphatic hydroxyl groups is 2. The molecule has 10 heteroatoms. The van der Waals surface area contributed by atoms with E-state index in [-0.39, 0.29) is 23.8 Å². The third-order valence-corrected chi connectivity index (χ3v) is 10.0. The number of aromatic nitrogens is 1. The van der Waals surface area contributed by atoms with Crippen molar-refractivity contribution in [3.8, 4) is 11.5 Å². The highest BCUT2D eigenvalue weighted by atomic mass is 16.5. The summed E-state index contributed by atoms with van der Waals surface area (Å²) in [4.78, 5) is 30.1. The van der Waals surface area contributed by atoms with Crippen molar-refractivity contribution in [3.05, 3.63) is 142 Å². The summed E-state index contributed by atoms with van der Waals surface area (Å²) in [5.74, 6) is 0.422. The van der Waals surface area contributed by atoms with Gasteiger partial charge >= 0.3 is 5.97 Å². The average Bonchev–Trinajstić information content (AvgIpc) is 3.19. The second kappa shape index (κ2) is 18.2. The van der Waals surface area contributed by atoms with Crippen LogP contribution in [0.1, 0.15) is 60.5 Å². The van der Waals surface area contributed by atoms with Crippen molar-refractivity contribution in [1.82, 2.24) is 15.2 Å². The quantitative estimate of drug-likeness (QED) is 0.0596. The van der Waals surface area contributed by atoms with Crippen LogP contribution in [0, 0.1) is 5.92 Å². The van der Waals surface area contributed by atoms with Gasteiger partial charge in [-0.2, -0.15) is 0 Å². The fourth-order valence-corrected chi connectivity index (χ4v) is 6.94. The van der Waals surface area contributed by atoms with Crippen LogP contribution in [-0.4, -0.2) is 70.6 Å². The lowest BCUT2D eigenvalue weighted by Gasteiger charge is -2.33. The molecule has 6 rings (SSSR count). The number of hydrogen-bond donors (Lipinski definition) is 5. The maximum atomic E-state index is 13.4. The van der Waals surface area contributed by atoms with Crippen molar-refractivity contribution in [2.24, 2.45) is 5.92 Å². The average molecular weight is 720 g/mol. The van der Waals surface area contributed by atoms with Gasteiger partial charge in [0, 0.05) is 24.5 Å². The second-order valence-corrected chi connectivity index (χ2v) is 13.8. The number of unbranched alkanes of at least 4 members (excludes halogenated alkanes) is 2. The van der Waals surface area contributed by atoms with Gasteiger partial charge in [0.25, 0.3) is 0 Å². The standard InChI is InChI=1S/C43H49N3O7/c47-38-20-18-36(37-19-21-40(49)45-41(37)38)39(48)28-44-24-8-3-9-27-52-35-16-14-31(15-17-35)29-46-25-22-32(23-26-46)30-53-42(50)43(51,33-10-4-1-5-11-33)34-12-6-2-7-13-34/h1-2,4-7,10-21,32,39,44,47-48,51H,3,8-9,22-30H2,(H,45,49). The molecule has 1 atom stereocenters. The van der Waals surface area contributed by atoms with Crippen molar-refractivity contribution in [1.29, 1.82) is 0 Å². The van der Waals surface area contributed by atoms with Crippen LogP contribution in [0.15, 0.2) is 114 Å². The van der Waals surface area contributed by atoms with Crippen LogP contribution in [0.25, 0.3) is 10.9 Å². The van der Waals surface area contributed by atoms with Gasteiger partial charge in [-0.3, -0.25) is 9.69 Å². The molecule has 278 valence electrons. The molecule has 1 unspecified atom stereocenters. The Labute approximate surface area is 310 Å². The number of nitrogens with one attached hydrogen (secondary N) is 2. The van der Waals surface area contributed by atoms with Crippen LogP contribution in [0.2, 0.25) is 0 Å². The highest BCUT2D eigenvalue weighted by Crippen LogP contribution is 2.32. The van der Waals surface area contributed by atoms with E-state index in [9.17, 15) is 24.9 Å². The first kappa shape index (κ1) is 37.7. The largest absolute Gasteiger partial charge is 0.506 e. The molecule has 0 saturated carbocycles. The van der Waals surface area contributed by atoms with Crippen molar-refractivity contribution < 1.29 is 29.6 Å². The lowest BCUT2D eigenvalue weighted by atomic mass is 9.86. The Hall–Kier alpha value is -5.00. The monoisotopic (exact) mass is 719 g/mol. The molecular formula is C43H49N3O7. The minimum atomic E-state index is -1.86. The zero-order valence-corrected chi connectivity index (χ0v) is 30.0. The normalized spacial score (nSPS) is 14.6. The molecule has 0 amide bonds. The van der Waals surface area contributed by atoms with Crippen LogP contribution < -0.4 is 15.6 Å². The molecule has 53 heavy (non-hydrogen) atoms. The third kappa shape index (κ3) is 9.71. The van der Waals surface area contributed by atoms with Gasteiger partial charge in [-0.15, -0.1) is 0 Å². The van der Waals surface area contributed by atoms with E-state index < -0.39 is 17.7 Å². The molecule has 5 N–H and O–H groups in total. The number of carbonyl (C=O) groups excluding carboxylic acids is 1. The molecule has 2 heterocycles. The van der Waals surface area contributed by atoms with Gasteiger partial charge in [0.2, 0.25) is 11.2 Å². The number of likely N-dealkylation sites (tertiary alicyclic amines) is 1. The van der Waals surface area contributed by atoms with E-state index in [2.05, 4.69) is 27.3 Å². The van der Waals surface area contributed by atoms with E-state index >= 15 is 0 Å². The number of piperidine rings is 1. The van der Waals surface area contributed by atoms with Crippen LogP contribution in [0.3, 0.4) is 0 Å². The lowest BCUT2D eigenvalue weighted by Crippen LogP contribution is -2.40. The molecule has 10 nitrogen and oxygen atoms in total. The third-order valence-electron chi connectivity index (χ3n) is 10.0. The summed E-state index contributed by atoms with van der Waals surface area (Å²) in [6, 6.07) is 32.4. The Morgan fingerprint density at radius 2 is 1.55 bits per heavy atom. The number of nitrogens with zero attached hydrogens (tertiary/aromatic N) is 1. The SMILES string of the molecule is O=C(OCC1CCN(Cc2ccc(OCCCCCNCC(O)c3ccc(O)c4[nH]c(=O)ccc34)cc2)CC1)C(O)(c1ccccc1)c1ccccc1. The molecule has 0 aliphatic carbocycles. The second-order valence-electron chi connectivity index (χ2n) is 13.8. The van der Waals surface area contributed by atoms with E-state index in [1.807, 2.05) is 48.5 Å². The Bertz CT molecular complexity index is 1920. The van der Waals surface area contributed by atoms with Gasteiger partial charge in [-0.05, 0) is 104 Å². The van der Waals surface area contributed by atoms with Gasteiger partial charge in [0.15, 0.2) is 0 Å². The maximum absolute atomic E-state index is 13.4. The number of phenols is 1.